The van der Waals surface area contributed by atoms with Crippen molar-refractivity contribution in [1.29, 1.82) is 0 Å². The van der Waals surface area contributed by atoms with E-state index in [1.165, 1.54) is 5.56 Å². The van der Waals surface area contributed by atoms with Crippen molar-refractivity contribution in [3.8, 4) is 5.69 Å². The molecule has 1 aliphatic rings. The smallest absolute Gasteiger partial charge is 0.238 e. The maximum Gasteiger partial charge on any atom is 0.238 e. The Hall–Kier alpha value is -2.64. The zero-order valence-electron chi connectivity index (χ0n) is 16.3. The summed E-state index contributed by atoms with van der Waals surface area (Å²) >= 11 is 0. The first-order valence-electron chi connectivity index (χ1n) is 9.27. The topological polar surface area (TPSA) is 81.2 Å². The lowest BCUT2D eigenvalue weighted by atomic mass is 10.1. The molecule has 1 aromatic heterocycles. The van der Waals surface area contributed by atoms with Crippen molar-refractivity contribution < 1.29 is 8.42 Å². The van der Waals surface area contributed by atoms with Crippen LogP contribution in [-0.2, 0) is 23.0 Å². The Morgan fingerprint density at radius 3 is 2.43 bits per heavy atom. The van der Waals surface area contributed by atoms with Gasteiger partial charge in [0.2, 0.25) is 10.0 Å². The molecule has 7 heteroatoms. The number of hydrogen-bond donors (Lipinski definition) is 1. The summed E-state index contributed by atoms with van der Waals surface area (Å²) < 4.78 is 25.2. The van der Waals surface area contributed by atoms with E-state index in [-0.39, 0.29) is 4.90 Å². The molecule has 6 nitrogen and oxygen atoms in total. The number of anilines is 1. The van der Waals surface area contributed by atoms with Gasteiger partial charge in [0.25, 0.3) is 0 Å². The molecule has 4 rings (SSSR count). The van der Waals surface area contributed by atoms with Crippen molar-refractivity contribution >= 4 is 15.7 Å². The van der Waals surface area contributed by atoms with E-state index in [4.69, 9.17) is 5.14 Å². The van der Waals surface area contributed by atoms with Crippen molar-refractivity contribution in [2.45, 2.75) is 44.7 Å². The summed E-state index contributed by atoms with van der Waals surface area (Å²) in [6.45, 7) is 6.96. The normalized spacial score (nSPS) is 16.4. The van der Waals surface area contributed by atoms with Gasteiger partial charge in [0.05, 0.1) is 16.3 Å². The van der Waals surface area contributed by atoms with Crippen LogP contribution in [0.25, 0.3) is 5.69 Å². The number of nitrogens with two attached hydrogens (primary N) is 1. The minimum absolute atomic E-state index is 0.175. The Labute approximate surface area is 165 Å². The molecular formula is C21H24N4O2S. The van der Waals surface area contributed by atoms with Gasteiger partial charge in [0.1, 0.15) is 0 Å². The van der Waals surface area contributed by atoms with Crippen molar-refractivity contribution in [2.24, 2.45) is 5.14 Å². The summed E-state index contributed by atoms with van der Waals surface area (Å²) in [5.41, 5.74) is 6.45. The van der Waals surface area contributed by atoms with Crippen LogP contribution in [0.4, 0.5) is 5.69 Å². The molecule has 2 N–H and O–H groups in total. The predicted octanol–water partition coefficient (Wildman–Crippen LogP) is 3.09. The van der Waals surface area contributed by atoms with Gasteiger partial charge in [-0.2, -0.15) is 5.10 Å². The highest BCUT2D eigenvalue weighted by Crippen LogP contribution is 2.34. The molecular weight excluding hydrogens is 372 g/mol. The molecule has 1 unspecified atom stereocenters. The number of nitrogens with zero attached hydrogens (tertiary/aromatic N) is 3. The average molecular weight is 397 g/mol. The van der Waals surface area contributed by atoms with E-state index in [0.29, 0.717) is 6.04 Å². The molecule has 146 valence electrons. The number of aromatic nitrogens is 2. The summed E-state index contributed by atoms with van der Waals surface area (Å²) in [6, 6.07) is 15.9. The fourth-order valence-electron chi connectivity index (χ4n) is 3.92. The standard InChI is InChI=1S/C21H24N4O2S/c1-14-10-16(3)25(23-14)19-6-4-17(5-7-19)13-24-15(2)11-18-12-20(28(22,26)27)8-9-21(18)24/h4-10,12,15H,11,13H2,1-3H3,(H2,22,26,27). The van der Waals surface area contributed by atoms with Crippen LogP contribution < -0.4 is 10.0 Å². The van der Waals surface area contributed by atoms with Crippen LogP contribution >= 0.6 is 0 Å². The summed E-state index contributed by atoms with van der Waals surface area (Å²) in [5.74, 6) is 0. The first-order valence-corrected chi connectivity index (χ1v) is 10.8. The summed E-state index contributed by atoms with van der Waals surface area (Å²) in [6.07, 6.45) is 0.808. The molecule has 0 saturated carbocycles. The third-order valence-corrected chi connectivity index (χ3v) is 6.19. The first-order chi connectivity index (χ1) is 13.2. The lowest BCUT2D eigenvalue weighted by Crippen LogP contribution is -2.28. The molecule has 0 radical (unpaired) electrons. The zero-order chi connectivity index (χ0) is 20.1. The third kappa shape index (κ3) is 3.43. The number of rotatable bonds is 4. The van der Waals surface area contributed by atoms with Crippen LogP contribution in [0.3, 0.4) is 0 Å². The zero-order valence-corrected chi connectivity index (χ0v) is 17.1. The lowest BCUT2D eigenvalue weighted by Gasteiger charge is -2.25. The molecule has 3 aromatic rings. The van der Waals surface area contributed by atoms with Crippen molar-refractivity contribution in [2.75, 3.05) is 4.90 Å². The molecule has 0 saturated heterocycles. The summed E-state index contributed by atoms with van der Waals surface area (Å²) in [7, 11) is -3.68. The molecule has 0 aliphatic carbocycles. The monoisotopic (exact) mass is 396 g/mol. The molecule has 0 spiro atoms. The SMILES string of the molecule is Cc1cc(C)n(-c2ccc(CN3c4ccc(S(N)(=O)=O)cc4CC3C)cc2)n1. The number of sulfonamides is 1. The fourth-order valence-corrected chi connectivity index (χ4v) is 4.48. The fraction of sp³-hybridized carbons (Fsp3) is 0.286. The average Bonchev–Trinajstić information content (AvgIpc) is 3.13. The molecule has 1 atom stereocenters. The van der Waals surface area contributed by atoms with E-state index in [0.717, 1.165) is 41.3 Å². The largest absolute Gasteiger partial charge is 0.364 e. The van der Waals surface area contributed by atoms with Crippen LogP contribution in [0.1, 0.15) is 29.4 Å². The van der Waals surface area contributed by atoms with Crippen molar-refractivity contribution in [3.05, 3.63) is 71.0 Å². The number of aryl methyl sites for hydroxylation is 2. The molecule has 0 bridgehead atoms. The van der Waals surface area contributed by atoms with Crippen molar-refractivity contribution in [3.63, 3.8) is 0 Å². The van der Waals surface area contributed by atoms with Gasteiger partial charge in [-0.15, -0.1) is 0 Å². The van der Waals surface area contributed by atoms with Crippen LogP contribution in [0.2, 0.25) is 0 Å². The maximum atomic E-state index is 11.6. The van der Waals surface area contributed by atoms with Crippen LogP contribution in [0.5, 0.6) is 0 Å². The maximum absolute atomic E-state index is 11.6. The van der Waals surface area contributed by atoms with Crippen molar-refractivity contribution in [1.82, 2.24) is 9.78 Å². The van der Waals surface area contributed by atoms with E-state index in [1.807, 2.05) is 24.6 Å². The molecule has 2 heterocycles. The number of primary sulfonamides is 1. The Bertz CT molecular complexity index is 1130. The number of hydrogen-bond acceptors (Lipinski definition) is 4. The first kappa shape index (κ1) is 18.7. The Morgan fingerprint density at radius 2 is 1.82 bits per heavy atom. The Morgan fingerprint density at radius 1 is 1.11 bits per heavy atom. The summed E-state index contributed by atoms with van der Waals surface area (Å²) in [5, 5.41) is 9.80. The quantitative estimate of drug-likeness (QED) is 0.735. The molecule has 0 amide bonds. The minimum atomic E-state index is -3.68. The van der Waals surface area contributed by atoms with Gasteiger partial charge < -0.3 is 4.90 Å². The van der Waals surface area contributed by atoms with Crippen LogP contribution in [0.15, 0.2) is 53.4 Å². The van der Waals surface area contributed by atoms with E-state index >= 15 is 0 Å². The second-order valence-corrected chi connectivity index (χ2v) is 9.08. The van der Waals surface area contributed by atoms with Gasteiger partial charge in [-0.3, -0.25) is 0 Å². The lowest BCUT2D eigenvalue weighted by molar-refractivity contribution is 0.597. The molecule has 2 aromatic carbocycles. The second kappa shape index (κ2) is 6.76. The summed E-state index contributed by atoms with van der Waals surface area (Å²) in [4.78, 5) is 2.48. The van der Waals surface area contributed by atoms with Gasteiger partial charge in [0.15, 0.2) is 0 Å². The second-order valence-electron chi connectivity index (χ2n) is 7.52. The van der Waals surface area contributed by atoms with Gasteiger partial charge in [-0.05, 0) is 74.7 Å². The Balaban J connectivity index is 1.58. The highest BCUT2D eigenvalue weighted by Gasteiger charge is 2.27. The van der Waals surface area contributed by atoms with Gasteiger partial charge in [-0.25, -0.2) is 18.2 Å². The van der Waals surface area contributed by atoms with Gasteiger partial charge >= 0.3 is 0 Å². The highest BCUT2D eigenvalue weighted by atomic mass is 32.2. The third-order valence-electron chi connectivity index (χ3n) is 5.28. The Kier molecular flexibility index (Phi) is 4.51. The predicted molar refractivity (Wildman–Crippen MR) is 110 cm³/mol. The number of benzene rings is 2. The van der Waals surface area contributed by atoms with E-state index in [2.05, 4.69) is 47.3 Å². The molecule has 28 heavy (non-hydrogen) atoms. The van der Waals surface area contributed by atoms with Gasteiger partial charge in [0, 0.05) is 24.0 Å². The molecule has 0 fully saturated rings. The van der Waals surface area contributed by atoms with E-state index in [9.17, 15) is 8.42 Å². The van der Waals surface area contributed by atoms with Gasteiger partial charge in [-0.1, -0.05) is 12.1 Å². The van der Waals surface area contributed by atoms with Crippen LogP contribution in [0, 0.1) is 13.8 Å². The number of fused-ring (bicyclic) bond motifs is 1. The van der Waals surface area contributed by atoms with E-state index in [1.54, 1.807) is 12.1 Å². The van der Waals surface area contributed by atoms with E-state index < -0.39 is 10.0 Å². The highest BCUT2D eigenvalue weighted by molar-refractivity contribution is 7.89. The minimum Gasteiger partial charge on any atom is -0.364 e. The van der Waals surface area contributed by atoms with Crippen LogP contribution in [-0.4, -0.2) is 24.2 Å². The molecule has 1 aliphatic heterocycles.